The van der Waals surface area contributed by atoms with Crippen molar-refractivity contribution in [1.29, 1.82) is 0 Å². The third-order valence-electron chi connectivity index (χ3n) is 2.62. The number of amides is 1. The summed E-state index contributed by atoms with van der Waals surface area (Å²) in [5, 5.41) is 2.54. The fourth-order valence-electron chi connectivity index (χ4n) is 1.71. The fourth-order valence-corrected chi connectivity index (χ4v) is 2.63. The molecule has 0 aromatic heterocycles. The average Bonchev–Trinajstić information content (AvgIpc) is 2.42. The van der Waals surface area contributed by atoms with Crippen LogP contribution < -0.4 is 10.0 Å². The molecule has 0 atom stereocenters. The molecule has 0 saturated carbocycles. The van der Waals surface area contributed by atoms with E-state index in [1.807, 2.05) is 0 Å². The molecule has 2 rings (SSSR count). The van der Waals surface area contributed by atoms with Crippen molar-refractivity contribution < 1.29 is 17.6 Å². The van der Waals surface area contributed by atoms with Gasteiger partial charge in [0, 0.05) is 15.8 Å². The molecular weight excluding hydrogens is 375 g/mol. The molecular formula is C14H12BrFN2O3S. The van der Waals surface area contributed by atoms with E-state index in [9.17, 15) is 17.6 Å². The van der Waals surface area contributed by atoms with Crippen LogP contribution in [0.2, 0.25) is 0 Å². The quantitative estimate of drug-likeness (QED) is 0.846. The maximum atomic E-state index is 13.6. The van der Waals surface area contributed by atoms with Gasteiger partial charge in [0.2, 0.25) is 10.0 Å². The molecule has 0 aliphatic heterocycles. The fraction of sp³-hybridized carbons (Fsp3) is 0.0714. The number of halogens is 2. The molecule has 0 spiro atoms. The third-order valence-corrected chi connectivity index (χ3v) is 3.72. The van der Waals surface area contributed by atoms with Crippen LogP contribution in [0.3, 0.4) is 0 Å². The monoisotopic (exact) mass is 386 g/mol. The lowest BCUT2D eigenvalue weighted by Gasteiger charge is -2.08. The van der Waals surface area contributed by atoms with Crippen molar-refractivity contribution in [3.8, 4) is 0 Å². The van der Waals surface area contributed by atoms with E-state index in [1.165, 1.54) is 42.5 Å². The van der Waals surface area contributed by atoms with Crippen molar-refractivity contribution in [3.63, 3.8) is 0 Å². The molecule has 0 aliphatic rings. The minimum absolute atomic E-state index is 0.0901. The Labute approximate surface area is 135 Å². The molecule has 0 bridgehead atoms. The number of nitrogens with one attached hydrogen (secondary N) is 2. The minimum Gasteiger partial charge on any atom is -0.322 e. The van der Waals surface area contributed by atoms with Crippen molar-refractivity contribution in [2.24, 2.45) is 0 Å². The number of rotatable bonds is 4. The summed E-state index contributed by atoms with van der Waals surface area (Å²) in [5.74, 6) is -1.22. The highest BCUT2D eigenvalue weighted by Crippen LogP contribution is 2.19. The summed E-state index contributed by atoms with van der Waals surface area (Å²) in [6.07, 6.45) is 1.04. The SMILES string of the molecule is CS(=O)(=O)Nc1ccc(NC(=O)c2cc(Br)ccc2F)cc1. The van der Waals surface area contributed by atoms with Crippen LogP contribution >= 0.6 is 15.9 Å². The van der Waals surface area contributed by atoms with Gasteiger partial charge in [0.25, 0.3) is 5.91 Å². The second-order valence-corrected chi connectivity index (χ2v) is 7.19. The number of carbonyl (C=O) groups is 1. The van der Waals surface area contributed by atoms with Gasteiger partial charge in [-0.25, -0.2) is 12.8 Å². The van der Waals surface area contributed by atoms with Crippen molar-refractivity contribution in [1.82, 2.24) is 0 Å². The van der Waals surface area contributed by atoms with Crippen LogP contribution in [0.1, 0.15) is 10.4 Å². The van der Waals surface area contributed by atoms with Gasteiger partial charge >= 0.3 is 0 Å². The molecule has 0 radical (unpaired) electrons. The number of hydrogen-bond acceptors (Lipinski definition) is 3. The van der Waals surface area contributed by atoms with E-state index in [1.54, 1.807) is 0 Å². The van der Waals surface area contributed by atoms with Gasteiger partial charge in [-0.3, -0.25) is 9.52 Å². The maximum absolute atomic E-state index is 13.6. The van der Waals surface area contributed by atoms with Crippen LogP contribution in [0, 0.1) is 5.82 Å². The molecule has 116 valence electrons. The Bertz CT molecular complexity index is 807. The number of anilines is 2. The van der Waals surface area contributed by atoms with Gasteiger partial charge in [0.05, 0.1) is 11.8 Å². The van der Waals surface area contributed by atoms with E-state index < -0.39 is 21.7 Å². The lowest BCUT2D eigenvalue weighted by atomic mass is 10.2. The first-order valence-electron chi connectivity index (χ1n) is 6.09. The Morgan fingerprint density at radius 3 is 2.27 bits per heavy atom. The van der Waals surface area contributed by atoms with E-state index >= 15 is 0 Å². The summed E-state index contributed by atoms with van der Waals surface area (Å²) < 4.78 is 38.7. The molecule has 0 aliphatic carbocycles. The van der Waals surface area contributed by atoms with Crippen LogP contribution in [0.5, 0.6) is 0 Å². The first kappa shape index (κ1) is 16.4. The lowest BCUT2D eigenvalue weighted by molar-refractivity contribution is 0.102. The maximum Gasteiger partial charge on any atom is 0.258 e. The Morgan fingerprint density at radius 1 is 1.09 bits per heavy atom. The van der Waals surface area contributed by atoms with Crippen molar-refractivity contribution in [2.45, 2.75) is 0 Å². The zero-order valence-electron chi connectivity index (χ0n) is 11.4. The van der Waals surface area contributed by atoms with Gasteiger partial charge in [-0.05, 0) is 42.5 Å². The molecule has 0 heterocycles. The molecule has 0 fully saturated rings. The summed E-state index contributed by atoms with van der Waals surface area (Å²) >= 11 is 3.18. The van der Waals surface area contributed by atoms with Crippen LogP contribution in [-0.2, 0) is 10.0 Å². The molecule has 2 N–H and O–H groups in total. The van der Waals surface area contributed by atoms with Gasteiger partial charge in [-0.1, -0.05) is 15.9 Å². The zero-order chi connectivity index (χ0) is 16.3. The van der Waals surface area contributed by atoms with Gasteiger partial charge in [-0.2, -0.15) is 0 Å². The van der Waals surface area contributed by atoms with E-state index in [4.69, 9.17) is 0 Å². The number of carbonyl (C=O) groups excluding carboxylic acids is 1. The highest BCUT2D eigenvalue weighted by Gasteiger charge is 2.12. The second-order valence-electron chi connectivity index (χ2n) is 4.53. The molecule has 2 aromatic rings. The van der Waals surface area contributed by atoms with Gasteiger partial charge in [0.15, 0.2) is 0 Å². The van der Waals surface area contributed by atoms with Crippen molar-refractivity contribution in [2.75, 3.05) is 16.3 Å². The summed E-state index contributed by atoms with van der Waals surface area (Å²) in [5.41, 5.74) is 0.699. The highest BCUT2D eigenvalue weighted by molar-refractivity contribution is 9.10. The standard InChI is InChI=1S/C14H12BrFN2O3S/c1-22(20,21)18-11-5-3-10(4-6-11)17-14(19)12-8-9(15)2-7-13(12)16/h2-8,18H,1H3,(H,17,19). The predicted octanol–water partition coefficient (Wildman–Crippen LogP) is 3.21. The van der Waals surface area contributed by atoms with Crippen LogP contribution in [0.4, 0.5) is 15.8 Å². The normalized spacial score (nSPS) is 11.0. The molecule has 5 nitrogen and oxygen atoms in total. The van der Waals surface area contributed by atoms with Crippen LogP contribution in [0.25, 0.3) is 0 Å². The van der Waals surface area contributed by atoms with Gasteiger partial charge < -0.3 is 5.32 Å². The number of sulfonamides is 1. The second kappa shape index (κ2) is 6.45. The van der Waals surface area contributed by atoms with E-state index in [2.05, 4.69) is 26.0 Å². The Balaban J connectivity index is 2.14. The van der Waals surface area contributed by atoms with E-state index in [-0.39, 0.29) is 5.56 Å². The molecule has 8 heteroatoms. The summed E-state index contributed by atoms with van der Waals surface area (Å²) in [6.45, 7) is 0. The van der Waals surface area contributed by atoms with Crippen molar-refractivity contribution >= 4 is 43.2 Å². The summed E-state index contributed by atoms with van der Waals surface area (Å²) in [7, 11) is -3.36. The average molecular weight is 387 g/mol. The number of benzene rings is 2. The Kier molecular flexibility index (Phi) is 4.82. The summed E-state index contributed by atoms with van der Waals surface area (Å²) in [4.78, 5) is 12.0. The zero-order valence-corrected chi connectivity index (χ0v) is 13.8. The Morgan fingerprint density at radius 2 is 1.68 bits per heavy atom. The molecule has 2 aromatic carbocycles. The first-order chi connectivity index (χ1) is 10.2. The lowest BCUT2D eigenvalue weighted by Crippen LogP contribution is -2.14. The van der Waals surface area contributed by atoms with Crippen LogP contribution in [0.15, 0.2) is 46.9 Å². The molecule has 1 amide bonds. The van der Waals surface area contributed by atoms with E-state index in [0.717, 1.165) is 6.26 Å². The minimum atomic E-state index is -3.36. The summed E-state index contributed by atoms with van der Waals surface area (Å²) in [6, 6.07) is 10.1. The topological polar surface area (TPSA) is 75.3 Å². The highest BCUT2D eigenvalue weighted by atomic mass is 79.9. The van der Waals surface area contributed by atoms with E-state index in [0.29, 0.717) is 15.8 Å². The molecule has 0 saturated heterocycles. The van der Waals surface area contributed by atoms with Crippen LogP contribution in [-0.4, -0.2) is 20.6 Å². The largest absolute Gasteiger partial charge is 0.322 e. The number of hydrogen-bond donors (Lipinski definition) is 2. The first-order valence-corrected chi connectivity index (χ1v) is 8.77. The Hall–Kier alpha value is -1.93. The molecule has 0 unspecified atom stereocenters. The van der Waals surface area contributed by atoms with Crippen molar-refractivity contribution in [3.05, 3.63) is 58.3 Å². The smallest absolute Gasteiger partial charge is 0.258 e. The predicted molar refractivity (Wildman–Crippen MR) is 87.0 cm³/mol. The molecule has 22 heavy (non-hydrogen) atoms. The van der Waals surface area contributed by atoms with Gasteiger partial charge in [-0.15, -0.1) is 0 Å². The third kappa shape index (κ3) is 4.54. The van der Waals surface area contributed by atoms with Gasteiger partial charge in [0.1, 0.15) is 5.82 Å².